The van der Waals surface area contributed by atoms with E-state index in [0.717, 1.165) is 29.2 Å². The average Bonchev–Trinajstić information content (AvgIpc) is 2.61. The number of aliphatic hydroxyl groups excluding tert-OH is 1. The Morgan fingerprint density at radius 2 is 1.58 bits per heavy atom. The van der Waals surface area contributed by atoms with Gasteiger partial charge in [0.05, 0.1) is 19.8 Å². The molecule has 0 spiro atoms. The van der Waals surface area contributed by atoms with Crippen LogP contribution >= 0.6 is 0 Å². The Kier molecular flexibility index (Phi) is 7.09. The lowest BCUT2D eigenvalue weighted by Gasteiger charge is -2.13. The maximum Gasteiger partial charge on any atom is 0.119 e. The summed E-state index contributed by atoms with van der Waals surface area (Å²) in [6, 6.07) is 15.5. The van der Waals surface area contributed by atoms with Crippen LogP contribution in [-0.2, 0) is 6.54 Å². The van der Waals surface area contributed by atoms with Crippen LogP contribution in [0, 0.1) is 5.92 Å². The van der Waals surface area contributed by atoms with Crippen molar-refractivity contribution in [3.8, 4) is 11.5 Å². The number of nitrogens with one attached hydrogen (secondary N) is 1. The van der Waals surface area contributed by atoms with Gasteiger partial charge in [-0.2, -0.15) is 0 Å². The van der Waals surface area contributed by atoms with Crippen LogP contribution in [0.4, 0.5) is 0 Å². The van der Waals surface area contributed by atoms with Gasteiger partial charge >= 0.3 is 0 Å². The fourth-order valence-corrected chi connectivity index (χ4v) is 2.26. The lowest BCUT2D eigenvalue weighted by molar-refractivity contribution is 0.174. The molecule has 0 radical (unpaired) electrons. The van der Waals surface area contributed by atoms with Gasteiger partial charge in [0.25, 0.3) is 0 Å². The molecule has 0 bridgehead atoms. The van der Waals surface area contributed by atoms with Gasteiger partial charge in [-0.1, -0.05) is 38.1 Å². The molecule has 1 unspecified atom stereocenters. The summed E-state index contributed by atoms with van der Waals surface area (Å²) in [5.41, 5.74) is 2.04. The van der Waals surface area contributed by atoms with E-state index >= 15 is 0 Å². The van der Waals surface area contributed by atoms with Gasteiger partial charge in [0.1, 0.15) is 11.5 Å². The summed E-state index contributed by atoms with van der Waals surface area (Å²) in [4.78, 5) is 0. The molecule has 0 saturated heterocycles. The second-order valence-corrected chi connectivity index (χ2v) is 6.27. The summed E-state index contributed by atoms with van der Waals surface area (Å²) in [6.45, 7) is 6.19. The predicted molar refractivity (Wildman–Crippen MR) is 96.4 cm³/mol. The number of rotatable bonds is 9. The zero-order chi connectivity index (χ0) is 17.4. The van der Waals surface area contributed by atoms with E-state index in [9.17, 15) is 5.11 Å². The molecule has 0 heterocycles. The maximum absolute atomic E-state index is 10.2. The normalized spacial score (nSPS) is 12.2. The minimum atomic E-state index is -0.537. The van der Waals surface area contributed by atoms with E-state index in [4.69, 9.17) is 9.47 Å². The van der Waals surface area contributed by atoms with Crippen molar-refractivity contribution in [3.05, 3.63) is 59.7 Å². The average molecular weight is 329 g/mol. The van der Waals surface area contributed by atoms with Crippen LogP contribution < -0.4 is 14.8 Å². The van der Waals surface area contributed by atoms with Crippen LogP contribution in [0.15, 0.2) is 48.5 Å². The number of hydrogen-bond acceptors (Lipinski definition) is 4. The molecule has 2 aromatic rings. The van der Waals surface area contributed by atoms with Gasteiger partial charge in [0.2, 0.25) is 0 Å². The molecule has 0 fully saturated rings. The summed E-state index contributed by atoms with van der Waals surface area (Å²) >= 11 is 0. The van der Waals surface area contributed by atoms with Crippen LogP contribution in [0.1, 0.15) is 31.1 Å². The Morgan fingerprint density at radius 1 is 0.958 bits per heavy atom. The summed E-state index contributed by atoms with van der Waals surface area (Å²) < 4.78 is 10.8. The van der Waals surface area contributed by atoms with E-state index < -0.39 is 6.10 Å². The second-order valence-electron chi connectivity index (χ2n) is 6.27. The van der Waals surface area contributed by atoms with Crippen molar-refractivity contribution >= 4 is 0 Å². The van der Waals surface area contributed by atoms with Gasteiger partial charge in [-0.25, -0.2) is 0 Å². The Bertz CT molecular complexity index is 593. The molecule has 0 aliphatic rings. The highest BCUT2D eigenvalue weighted by atomic mass is 16.5. The highest BCUT2D eigenvalue weighted by molar-refractivity contribution is 5.29. The monoisotopic (exact) mass is 329 g/mol. The van der Waals surface area contributed by atoms with E-state index in [1.807, 2.05) is 48.5 Å². The fourth-order valence-electron chi connectivity index (χ4n) is 2.26. The number of methoxy groups -OCH3 is 1. The van der Waals surface area contributed by atoms with Crippen molar-refractivity contribution in [1.29, 1.82) is 0 Å². The van der Waals surface area contributed by atoms with Gasteiger partial charge in [-0.15, -0.1) is 0 Å². The number of benzene rings is 2. The number of aliphatic hydroxyl groups is 1. The molecule has 0 aromatic heterocycles. The van der Waals surface area contributed by atoms with E-state index in [2.05, 4.69) is 19.2 Å². The van der Waals surface area contributed by atoms with Crippen molar-refractivity contribution in [2.24, 2.45) is 5.92 Å². The largest absolute Gasteiger partial charge is 0.497 e. The van der Waals surface area contributed by atoms with Crippen molar-refractivity contribution in [1.82, 2.24) is 5.32 Å². The molecular formula is C20H27NO3. The molecule has 1 atom stereocenters. The Morgan fingerprint density at radius 3 is 2.17 bits per heavy atom. The zero-order valence-corrected chi connectivity index (χ0v) is 14.7. The Balaban J connectivity index is 1.76. The first kappa shape index (κ1) is 18.3. The third-order valence-corrected chi connectivity index (χ3v) is 3.67. The van der Waals surface area contributed by atoms with Crippen LogP contribution in [-0.4, -0.2) is 25.4 Å². The van der Waals surface area contributed by atoms with Gasteiger partial charge < -0.3 is 19.9 Å². The van der Waals surface area contributed by atoms with E-state index in [1.54, 1.807) is 7.11 Å². The van der Waals surface area contributed by atoms with Crippen molar-refractivity contribution in [3.63, 3.8) is 0 Å². The molecule has 2 aromatic carbocycles. The molecule has 0 aliphatic carbocycles. The molecule has 0 aliphatic heterocycles. The number of hydrogen-bond donors (Lipinski definition) is 2. The molecule has 0 amide bonds. The van der Waals surface area contributed by atoms with Crippen molar-refractivity contribution in [2.75, 3.05) is 20.3 Å². The van der Waals surface area contributed by atoms with Crippen LogP contribution in [0.2, 0.25) is 0 Å². The van der Waals surface area contributed by atoms with Crippen LogP contribution in [0.25, 0.3) is 0 Å². The summed E-state index contributed by atoms with van der Waals surface area (Å²) in [6.07, 6.45) is -0.537. The predicted octanol–water partition coefficient (Wildman–Crippen LogP) is 3.55. The summed E-state index contributed by atoms with van der Waals surface area (Å²) in [7, 11) is 1.63. The van der Waals surface area contributed by atoms with Gasteiger partial charge in [0, 0.05) is 13.1 Å². The highest BCUT2D eigenvalue weighted by Crippen LogP contribution is 2.17. The third-order valence-electron chi connectivity index (χ3n) is 3.67. The van der Waals surface area contributed by atoms with E-state index in [-0.39, 0.29) is 0 Å². The first-order chi connectivity index (χ1) is 11.6. The molecule has 0 saturated carbocycles. The highest BCUT2D eigenvalue weighted by Gasteiger charge is 2.07. The van der Waals surface area contributed by atoms with Gasteiger partial charge in [0.15, 0.2) is 0 Å². The smallest absolute Gasteiger partial charge is 0.119 e. The van der Waals surface area contributed by atoms with Gasteiger partial charge in [-0.3, -0.25) is 0 Å². The number of ether oxygens (including phenoxy) is 2. The fraction of sp³-hybridized carbons (Fsp3) is 0.400. The molecule has 2 rings (SSSR count). The molecule has 24 heavy (non-hydrogen) atoms. The minimum absolute atomic E-state index is 0.498. The molecule has 2 N–H and O–H groups in total. The minimum Gasteiger partial charge on any atom is -0.497 e. The standard InChI is InChI=1S/C20H27NO3/c1-15(2)14-24-19-8-4-16(5-9-19)12-21-13-20(22)17-6-10-18(23-3)11-7-17/h4-11,15,20-22H,12-14H2,1-3H3. The van der Waals surface area contributed by atoms with Crippen molar-refractivity contribution < 1.29 is 14.6 Å². The molecule has 130 valence electrons. The SMILES string of the molecule is COc1ccc(C(O)CNCc2ccc(OCC(C)C)cc2)cc1. The van der Waals surface area contributed by atoms with Crippen molar-refractivity contribution in [2.45, 2.75) is 26.5 Å². The summed E-state index contributed by atoms with van der Waals surface area (Å²) in [5.74, 6) is 2.20. The lowest BCUT2D eigenvalue weighted by Crippen LogP contribution is -2.21. The molecule has 4 heteroatoms. The lowest BCUT2D eigenvalue weighted by atomic mass is 10.1. The van der Waals surface area contributed by atoms with E-state index in [1.165, 1.54) is 0 Å². The molecular weight excluding hydrogens is 302 g/mol. The quantitative estimate of drug-likeness (QED) is 0.739. The second kappa shape index (κ2) is 9.30. The Hall–Kier alpha value is -2.04. The summed E-state index contributed by atoms with van der Waals surface area (Å²) in [5, 5.41) is 13.5. The molecule has 4 nitrogen and oxygen atoms in total. The topological polar surface area (TPSA) is 50.7 Å². The van der Waals surface area contributed by atoms with Crippen LogP contribution in [0.3, 0.4) is 0 Å². The van der Waals surface area contributed by atoms with Crippen LogP contribution in [0.5, 0.6) is 11.5 Å². The first-order valence-corrected chi connectivity index (χ1v) is 8.33. The van der Waals surface area contributed by atoms with E-state index in [0.29, 0.717) is 19.0 Å². The van der Waals surface area contributed by atoms with Gasteiger partial charge in [-0.05, 0) is 41.3 Å². The maximum atomic E-state index is 10.2. The zero-order valence-electron chi connectivity index (χ0n) is 14.7. The first-order valence-electron chi connectivity index (χ1n) is 8.33. The Labute approximate surface area is 144 Å². The third kappa shape index (κ3) is 5.87.